The van der Waals surface area contributed by atoms with Crippen molar-refractivity contribution in [2.45, 2.75) is 6.42 Å². The summed E-state index contributed by atoms with van der Waals surface area (Å²) in [5.74, 6) is 0.255. The Kier molecular flexibility index (Phi) is 4.57. The molecule has 0 amide bonds. The van der Waals surface area contributed by atoms with E-state index < -0.39 is 20.2 Å². The fraction of sp³-hybridized carbons (Fsp3) is 0.333. The van der Waals surface area contributed by atoms with E-state index in [4.69, 9.17) is 8.37 Å². The van der Waals surface area contributed by atoms with E-state index in [1.807, 2.05) is 5.38 Å². The van der Waals surface area contributed by atoms with Gasteiger partial charge in [0.15, 0.2) is 0 Å². The fourth-order valence-corrected chi connectivity index (χ4v) is 3.65. The summed E-state index contributed by atoms with van der Waals surface area (Å²) in [5.41, 5.74) is 0.949. The van der Waals surface area contributed by atoms with Crippen LogP contribution < -0.4 is 4.18 Å². The first-order valence-corrected chi connectivity index (χ1v) is 10.4. The molecule has 116 valence electrons. The largest absolute Gasteiger partial charge is 0.383 e. The molecule has 0 saturated carbocycles. The van der Waals surface area contributed by atoms with Gasteiger partial charge in [0.05, 0.1) is 19.1 Å². The lowest BCUT2D eigenvalue weighted by molar-refractivity contribution is 0.326. The second kappa shape index (κ2) is 5.91. The summed E-state index contributed by atoms with van der Waals surface area (Å²) in [7, 11) is -6.99. The molecule has 6 nitrogen and oxygen atoms in total. The van der Waals surface area contributed by atoms with Crippen molar-refractivity contribution in [3.05, 3.63) is 29.1 Å². The molecule has 2 rings (SSSR count). The quantitative estimate of drug-likeness (QED) is 0.738. The average molecular weight is 350 g/mol. The predicted octanol–water partition coefficient (Wildman–Crippen LogP) is 1.76. The van der Waals surface area contributed by atoms with Crippen LogP contribution in [0.25, 0.3) is 10.1 Å². The van der Waals surface area contributed by atoms with Crippen molar-refractivity contribution in [1.29, 1.82) is 0 Å². The van der Waals surface area contributed by atoms with Gasteiger partial charge in [-0.25, -0.2) is 0 Å². The van der Waals surface area contributed by atoms with Gasteiger partial charge in [0.1, 0.15) is 5.75 Å². The number of rotatable bonds is 6. The number of thiophene rings is 1. The van der Waals surface area contributed by atoms with Gasteiger partial charge in [0, 0.05) is 4.70 Å². The SMILES string of the molecule is CS(=O)(=O)OCCc1csc2cc(OS(C)(=O)=O)ccc12. The van der Waals surface area contributed by atoms with E-state index in [-0.39, 0.29) is 12.4 Å². The Labute approximate surface area is 127 Å². The molecule has 0 N–H and O–H groups in total. The molecule has 0 aliphatic rings. The van der Waals surface area contributed by atoms with Gasteiger partial charge < -0.3 is 4.18 Å². The van der Waals surface area contributed by atoms with Crippen molar-refractivity contribution in [3.63, 3.8) is 0 Å². The van der Waals surface area contributed by atoms with Crippen LogP contribution in [0.15, 0.2) is 23.6 Å². The van der Waals surface area contributed by atoms with Gasteiger partial charge >= 0.3 is 10.1 Å². The lowest BCUT2D eigenvalue weighted by Gasteiger charge is -2.03. The molecular weight excluding hydrogens is 336 g/mol. The van der Waals surface area contributed by atoms with Crippen LogP contribution in [0, 0.1) is 0 Å². The molecule has 1 aromatic carbocycles. The zero-order chi connectivity index (χ0) is 15.7. The molecule has 0 bridgehead atoms. The molecule has 0 aliphatic heterocycles. The summed E-state index contributed by atoms with van der Waals surface area (Å²) in [6.07, 6.45) is 2.45. The fourth-order valence-electron chi connectivity index (χ4n) is 1.79. The Balaban J connectivity index is 2.17. The van der Waals surface area contributed by atoms with E-state index in [2.05, 4.69) is 0 Å². The third kappa shape index (κ3) is 4.95. The van der Waals surface area contributed by atoms with Crippen LogP contribution in [0.1, 0.15) is 5.56 Å². The highest BCUT2D eigenvalue weighted by Gasteiger charge is 2.10. The average Bonchev–Trinajstić information content (AvgIpc) is 2.68. The summed E-state index contributed by atoms with van der Waals surface area (Å²) in [6, 6.07) is 4.96. The monoisotopic (exact) mass is 350 g/mol. The molecule has 1 aromatic heterocycles. The van der Waals surface area contributed by atoms with Crippen LogP contribution in [0.4, 0.5) is 0 Å². The number of hydrogen-bond donors (Lipinski definition) is 0. The van der Waals surface area contributed by atoms with Crippen molar-refractivity contribution in [3.8, 4) is 5.75 Å². The number of hydrogen-bond acceptors (Lipinski definition) is 7. The van der Waals surface area contributed by atoms with E-state index in [0.717, 1.165) is 28.2 Å². The smallest absolute Gasteiger partial charge is 0.306 e. The molecule has 9 heteroatoms. The van der Waals surface area contributed by atoms with Gasteiger partial charge in [-0.05, 0) is 40.9 Å². The standard InChI is InChI=1S/C12H14O6S3/c1-20(13,14)17-6-5-9-8-19-12-7-10(3-4-11(9)12)18-21(2,15)16/h3-4,7-8H,5-6H2,1-2H3. The van der Waals surface area contributed by atoms with Crippen LogP contribution in [0.5, 0.6) is 5.75 Å². The number of fused-ring (bicyclic) bond motifs is 1. The highest BCUT2D eigenvalue weighted by Crippen LogP contribution is 2.30. The van der Waals surface area contributed by atoms with Gasteiger partial charge in [0.25, 0.3) is 10.1 Å². The second-order valence-corrected chi connectivity index (χ2v) is 8.61. The normalized spacial score (nSPS) is 12.7. The molecule has 0 unspecified atom stereocenters. The van der Waals surface area contributed by atoms with Gasteiger partial charge in [-0.1, -0.05) is 0 Å². The highest BCUT2D eigenvalue weighted by molar-refractivity contribution is 7.86. The van der Waals surface area contributed by atoms with Crippen LogP contribution >= 0.6 is 11.3 Å². The Bertz CT molecular complexity index is 848. The highest BCUT2D eigenvalue weighted by atomic mass is 32.2. The van der Waals surface area contributed by atoms with Gasteiger partial charge in [-0.2, -0.15) is 16.8 Å². The summed E-state index contributed by atoms with van der Waals surface area (Å²) in [6.45, 7) is 0.0757. The lowest BCUT2D eigenvalue weighted by Crippen LogP contribution is -2.06. The third-order valence-corrected chi connectivity index (χ3v) is 4.63. The topological polar surface area (TPSA) is 86.7 Å². The van der Waals surface area contributed by atoms with Crippen molar-refractivity contribution in [1.82, 2.24) is 0 Å². The van der Waals surface area contributed by atoms with Gasteiger partial charge in [0.2, 0.25) is 0 Å². The maximum absolute atomic E-state index is 11.1. The Morgan fingerprint density at radius 2 is 1.81 bits per heavy atom. The molecule has 0 fully saturated rings. The molecule has 21 heavy (non-hydrogen) atoms. The summed E-state index contributed by atoms with van der Waals surface area (Å²) in [5, 5.41) is 2.82. The van der Waals surface area contributed by atoms with E-state index in [1.54, 1.807) is 18.2 Å². The maximum atomic E-state index is 11.1. The lowest BCUT2D eigenvalue weighted by atomic mass is 10.1. The van der Waals surface area contributed by atoms with E-state index in [9.17, 15) is 16.8 Å². The Morgan fingerprint density at radius 1 is 1.10 bits per heavy atom. The van der Waals surface area contributed by atoms with Gasteiger partial charge in [-0.15, -0.1) is 11.3 Å². The molecule has 0 atom stereocenters. The Hall–Kier alpha value is -1.16. The van der Waals surface area contributed by atoms with Crippen molar-refractivity contribution in [2.24, 2.45) is 0 Å². The van der Waals surface area contributed by atoms with Crippen molar-refractivity contribution < 1.29 is 25.2 Å². The maximum Gasteiger partial charge on any atom is 0.306 e. The second-order valence-electron chi connectivity index (χ2n) is 4.48. The van der Waals surface area contributed by atoms with Crippen molar-refractivity contribution >= 4 is 41.7 Å². The minimum absolute atomic E-state index is 0.0757. The van der Waals surface area contributed by atoms with Gasteiger partial charge in [-0.3, -0.25) is 4.18 Å². The van der Waals surface area contributed by atoms with E-state index in [0.29, 0.717) is 6.42 Å². The predicted molar refractivity (Wildman–Crippen MR) is 81.8 cm³/mol. The molecule has 0 radical (unpaired) electrons. The van der Waals surface area contributed by atoms with E-state index >= 15 is 0 Å². The zero-order valence-electron chi connectivity index (χ0n) is 11.4. The first kappa shape index (κ1) is 16.2. The first-order chi connectivity index (χ1) is 9.64. The first-order valence-electron chi connectivity index (χ1n) is 5.88. The summed E-state index contributed by atoms with van der Waals surface area (Å²) in [4.78, 5) is 0. The molecule has 1 heterocycles. The van der Waals surface area contributed by atoms with Crippen LogP contribution in [-0.4, -0.2) is 36.0 Å². The summed E-state index contributed by atoms with van der Waals surface area (Å²) < 4.78 is 54.4. The van der Waals surface area contributed by atoms with E-state index in [1.165, 1.54) is 11.3 Å². The molecule has 0 spiro atoms. The van der Waals surface area contributed by atoms with Crippen LogP contribution in [0.2, 0.25) is 0 Å². The molecule has 0 saturated heterocycles. The third-order valence-electron chi connectivity index (χ3n) is 2.54. The molecule has 0 aliphatic carbocycles. The van der Waals surface area contributed by atoms with Crippen molar-refractivity contribution in [2.75, 3.05) is 19.1 Å². The number of benzene rings is 1. The molecular formula is C12H14O6S3. The molecule has 2 aromatic rings. The zero-order valence-corrected chi connectivity index (χ0v) is 13.8. The van der Waals surface area contributed by atoms with Crippen LogP contribution in [0.3, 0.4) is 0 Å². The van der Waals surface area contributed by atoms with Crippen LogP contribution in [-0.2, 0) is 30.8 Å². The Morgan fingerprint density at radius 3 is 2.43 bits per heavy atom. The minimum Gasteiger partial charge on any atom is -0.383 e. The minimum atomic E-state index is -3.55. The summed E-state index contributed by atoms with van der Waals surface area (Å²) >= 11 is 1.43.